The van der Waals surface area contributed by atoms with Gasteiger partial charge in [-0.15, -0.1) is 11.6 Å². The number of hydrogen-bond acceptors (Lipinski definition) is 2. The van der Waals surface area contributed by atoms with Crippen molar-refractivity contribution < 1.29 is 9.90 Å². The largest absolute Gasteiger partial charge is 0.507 e. The quantitative estimate of drug-likeness (QED) is 0.834. The highest BCUT2D eigenvalue weighted by atomic mass is 35.5. The molecule has 1 aromatic carbocycles. The summed E-state index contributed by atoms with van der Waals surface area (Å²) in [5, 5.41) is 9.79. The number of hydrogen-bond donors (Lipinski definition) is 1. The number of carbonyl (C=O) groups is 1. The Morgan fingerprint density at radius 3 is 2.67 bits per heavy atom. The van der Waals surface area contributed by atoms with E-state index in [9.17, 15) is 9.90 Å². The van der Waals surface area contributed by atoms with Crippen LogP contribution in [0.4, 0.5) is 0 Å². The van der Waals surface area contributed by atoms with Crippen LogP contribution < -0.4 is 0 Å². The first-order valence-corrected chi connectivity index (χ1v) is 6.67. The number of aromatic hydroxyl groups is 1. The van der Waals surface area contributed by atoms with E-state index < -0.39 is 0 Å². The van der Waals surface area contributed by atoms with Crippen LogP contribution in [-0.4, -0.2) is 34.4 Å². The van der Waals surface area contributed by atoms with Gasteiger partial charge in [-0.1, -0.05) is 11.6 Å². The lowest BCUT2D eigenvalue weighted by molar-refractivity contribution is 0.0703. The first-order chi connectivity index (χ1) is 8.47. The molecule has 3 nitrogen and oxygen atoms in total. The lowest BCUT2D eigenvalue weighted by Gasteiger charge is -2.27. The Balaban J connectivity index is 2.98. The first kappa shape index (κ1) is 14.8. The number of alkyl halides is 1. The number of phenols is 1. The smallest absolute Gasteiger partial charge is 0.257 e. The number of carbonyl (C=O) groups excluding carboxylic acids is 1. The van der Waals surface area contributed by atoms with Gasteiger partial charge in [0, 0.05) is 18.5 Å². The molecule has 0 aliphatic heterocycles. The molecule has 1 rings (SSSR count). The molecule has 1 N–H and O–H groups in total. The molecule has 0 saturated carbocycles. The Kier molecular flexibility index (Phi) is 5.48. The Labute approximate surface area is 113 Å². The fourth-order valence-electron chi connectivity index (χ4n) is 1.80. The van der Waals surface area contributed by atoms with E-state index in [0.29, 0.717) is 18.0 Å². The van der Waals surface area contributed by atoms with E-state index in [1.165, 1.54) is 0 Å². The minimum Gasteiger partial charge on any atom is -0.507 e. The molecule has 4 heteroatoms. The highest BCUT2D eigenvalue weighted by Gasteiger charge is 2.20. The van der Waals surface area contributed by atoms with E-state index in [4.69, 9.17) is 11.6 Å². The maximum atomic E-state index is 12.4. The van der Waals surface area contributed by atoms with Crippen molar-refractivity contribution in [3.05, 3.63) is 29.3 Å². The molecule has 100 valence electrons. The second-order valence-electron chi connectivity index (χ2n) is 4.66. The zero-order chi connectivity index (χ0) is 13.7. The number of nitrogens with zero attached hydrogens (tertiary/aromatic N) is 1. The van der Waals surface area contributed by atoms with Gasteiger partial charge in [0.2, 0.25) is 0 Å². The Hall–Kier alpha value is -1.22. The fraction of sp³-hybridized carbons (Fsp3) is 0.500. The van der Waals surface area contributed by atoms with Crippen LogP contribution in [0.1, 0.15) is 36.2 Å². The molecule has 1 amide bonds. The summed E-state index contributed by atoms with van der Waals surface area (Å²) in [7, 11) is 0. The number of aryl methyl sites for hydroxylation is 1. The third kappa shape index (κ3) is 3.64. The van der Waals surface area contributed by atoms with Crippen LogP contribution in [0, 0.1) is 6.92 Å². The van der Waals surface area contributed by atoms with Crippen LogP contribution in [0.5, 0.6) is 5.75 Å². The molecule has 0 fully saturated rings. The number of phenolic OH excluding ortho intramolecular Hbond substituents is 1. The fourth-order valence-corrected chi connectivity index (χ4v) is 1.92. The summed E-state index contributed by atoms with van der Waals surface area (Å²) in [6.45, 7) is 6.42. The van der Waals surface area contributed by atoms with Crippen LogP contribution in [0.15, 0.2) is 18.2 Å². The zero-order valence-electron chi connectivity index (χ0n) is 11.1. The van der Waals surface area contributed by atoms with Crippen LogP contribution in [0.2, 0.25) is 0 Å². The summed E-state index contributed by atoms with van der Waals surface area (Å²) in [5.41, 5.74) is 1.32. The maximum Gasteiger partial charge on any atom is 0.257 e. The molecule has 18 heavy (non-hydrogen) atoms. The van der Waals surface area contributed by atoms with Crippen LogP contribution in [-0.2, 0) is 0 Å². The Morgan fingerprint density at radius 1 is 1.44 bits per heavy atom. The van der Waals surface area contributed by atoms with Crippen LogP contribution >= 0.6 is 11.6 Å². The third-order valence-electron chi connectivity index (χ3n) is 2.80. The van der Waals surface area contributed by atoms with Gasteiger partial charge in [0.05, 0.1) is 5.56 Å². The van der Waals surface area contributed by atoms with Gasteiger partial charge in [0.1, 0.15) is 5.75 Å². The molecular formula is C14H20ClNO2. The molecule has 0 heterocycles. The van der Waals surface area contributed by atoms with Crippen molar-refractivity contribution in [2.24, 2.45) is 0 Å². The SMILES string of the molecule is Cc1ccc(O)c(C(=O)N(CCCCl)C(C)C)c1. The number of amides is 1. The van der Waals surface area contributed by atoms with E-state index in [1.54, 1.807) is 23.1 Å². The normalized spacial score (nSPS) is 10.7. The van der Waals surface area contributed by atoms with Crippen molar-refractivity contribution in [1.82, 2.24) is 4.90 Å². The number of rotatable bonds is 5. The van der Waals surface area contributed by atoms with Crippen molar-refractivity contribution in [1.29, 1.82) is 0 Å². The lowest BCUT2D eigenvalue weighted by Crippen LogP contribution is -2.38. The maximum absolute atomic E-state index is 12.4. The molecule has 0 atom stereocenters. The van der Waals surface area contributed by atoms with Gasteiger partial charge >= 0.3 is 0 Å². The van der Waals surface area contributed by atoms with Gasteiger partial charge in [-0.25, -0.2) is 0 Å². The van der Waals surface area contributed by atoms with Gasteiger partial charge in [-0.2, -0.15) is 0 Å². The van der Waals surface area contributed by atoms with Crippen molar-refractivity contribution in [3.63, 3.8) is 0 Å². The highest BCUT2D eigenvalue weighted by Crippen LogP contribution is 2.21. The first-order valence-electron chi connectivity index (χ1n) is 6.14. The summed E-state index contributed by atoms with van der Waals surface area (Å²) in [5.74, 6) is 0.412. The molecule has 1 aromatic rings. The van der Waals surface area contributed by atoms with Gasteiger partial charge in [0.25, 0.3) is 5.91 Å². The Bertz CT molecular complexity index is 418. The highest BCUT2D eigenvalue weighted by molar-refractivity contribution is 6.17. The standard InChI is InChI=1S/C14H20ClNO2/c1-10(2)16(8-4-7-15)14(18)12-9-11(3)5-6-13(12)17/h5-6,9-10,17H,4,7-8H2,1-3H3. The molecule has 0 unspecified atom stereocenters. The lowest BCUT2D eigenvalue weighted by atomic mass is 10.1. The molecule has 0 bridgehead atoms. The summed E-state index contributed by atoms with van der Waals surface area (Å²) >= 11 is 5.67. The van der Waals surface area contributed by atoms with Crippen LogP contribution in [0.25, 0.3) is 0 Å². The van der Waals surface area contributed by atoms with Crippen molar-refractivity contribution in [2.75, 3.05) is 12.4 Å². The second-order valence-corrected chi connectivity index (χ2v) is 5.03. The van der Waals surface area contributed by atoms with Crippen molar-refractivity contribution in [2.45, 2.75) is 33.2 Å². The molecule has 0 saturated heterocycles. The van der Waals surface area contributed by atoms with Crippen LogP contribution in [0.3, 0.4) is 0 Å². The molecule has 0 radical (unpaired) electrons. The third-order valence-corrected chi connectivity index (χ3v) is 3.07. The minimum absolute atomic E-state index is 0.0297. The van der Waals surface area contributed by atoms with Crippen molar-refractivity contribution >= 4 is 17.5 Å². The summed E-state index contributed by atoms with van der Waals surface area (Å²) in [4.78, 5) is 14.1. The van der Waals surface area contributed by atoms with Gasteiger partial charge in [0.15, 0.2) is 0 Å². The molecule has 0 aliphatic rings. The minimum atomic E-state index is -0.142. The van der Waals surface area contributed by atoms with E-state index in [0.717, 1.165) is 12.0 Å². The van der Waals surface area contributed by atoms with E-state index in [2.05, 4.69) is 0 Å². The summed E-state index contributed by atoms with van der Waals surface area (Å²) in [6.07, 6.45) is 0.748. The predicted octanol–water partition coefficient (Wildman–Crippen LogP) is 3.18. The van der Waals surface area contributed by atoms with E-state index in [1.807, 2.05) is 20.8 Å². The van der Waals surface area contributed by atoms with E-state index >= 15 is 0 Å². The van der Waals surface area contributed by atoms with E-state index in [-0.39, 0.29) is 17.7 Å². The average Bonchev–Trinajstić information content (AvgIpc) is 2.32. The Morgan fingerprint density at radius 2 is 2.11 bits per heavy atom. The monoisotopic (exact) mass is 269 g/mol. The molecule has 0 spiro atoms. The zero-order valence-corrected chi connectivity index (χ0v) is 11.9. The number of halogens is 1. The average molecular weight is 270 g/mol. The number of benzene rings is 1. The molecular weight excluding hydrogens is 250 g/mol. The topological polar surface area (TPSA) is 40.5 Å². The van der Waals surface area contributed by atoms with Gasteiger partial charge in [-0.05, 0) is 39.3 Å². The summed E-state index contributed by atoms with van der Waals surface area (Å²) in [6, 6.07) is 5.14. The summed E-state index contributed by atoms with van der Waals surface area (Å²) < 4.78 is 0. The molecule has 0 aromatic heterocycles. The van der Waals surface area contributed by atoms with Gasteiger partial charge < -0.3 is 10.0 Å². The second kappa shape index (κ2) is 6.64. The van der Waals surface area contributed by atoms with Crippen molar-refractivity contribution in [3.8, 4) is 5.75 Å². The van der Waals surface area contributed by atoms with Gasteiger partial charge in [-0.3, -0.25) is 4.79 Å². The predicted molar refractivity (Wildman–Crippen MR) is 74.4 cm³/mol. The molecule has 0 aliphatic carbocycles.